The number of hydrogen-bond donors (Lipinski definition) is 1. The molecular formula is C20H23N7O. The van der Waals surface area contributed by atoms with E-state index in [2.05, 4.69) is 36.6 Å². The minimum atomic E-state index is 0.0404. The second kappa shape index (κ2) is 7.18. The lowest BCUT2D eigenvalue weighted by molar-refractivity contribution is -0.125. The Morgan fingerprint density at radius 1 is 1.18 bits per heavy atom. The molecule has 0 spiro atoms. The van der Waals surface area contributed by atoms with Crippen molar-refractivity contribution in [3.05, 3.63) is 48.2 Å². The quantitative estimate of drug-likeness (QED) is 0.731. The number of rotatable bonds is 5. The molecule has 2 fully saturated rings. The minimum absolute atomic E-state index is 0.0404. The summed E-state index contributed by atoms with van der Waals surface area (Å²) in [6.45, 7) is 2.14. The number of anilines is 1. The van der Waals surface area contributed by atoms with E-state index in [-0.39, 0.29) is 11.8 Å². The summed E-state index contributed by atoms with van der Waals surface area (Å²) in [5, 5.41) is 16.0. The molecule has 0 unspecified atom stereocenters. The lowest BCUT2D eigenvalue weighted by Gasteiger charge is -2.33. The number of piperidine rings is 1. The molecule has 1 aliphatic heterocycles. The van der Waals surface area contributed by atoms with Gasteiger partial charge in [-0.25, -0.2) is 0 Å². The predicted molar refractivity (Wildman–Crippen MR) is 104 cm³/mol. The molecule has 1 amide bonds. The van der Waals surface area contributed by atoms with Gasteiger partial charge in [-0.3, -0.25) is 9.78 Å². The van der Waals surface area contributed by atoms with Crippen molar-refractivity contribution < 1.29 is 4.79 Å². The zero-order valence-corrected chi connectivity index (χ0v) is 15.7. The molecule has 0 bridgehead atoms. The Hall–Kier alpha value is -3.03. The first kappa shape index (κ1) is 17.1. The summed E-state index contributed by atoms with van der Waals surface area (Å²) in [6, 6.07) is 7.90. The van der Waals surface area contributed by atoms with Gasteiger partial charge in [-0.15, -0.1) is 10.2 Å². The Morgan fingerprint density at radius 3 is 2.79 bits per heavy atom. The molecule has 0 atom stereocenters. The maximum Gasteiger partial charge on any atom is 0.223 e. The monoisotopic (exact) mass is 377 g/mol. The second-order valence-corrected chi connectivity index (χ2v) is 7.63. The van der Waals surface area contributed by atoms with Crippen molar-refractivity contribution in [3.63, 3.8) is 0 Å². The molecule has 1 saturated heterocycles. The van der Waals surface area contributed by atoms with Gasteiger partial charge in [0.05, 0.1) is 23.6 Å². The summed E-state index contributed by atoms with van der Waals surface area (Å²) in [5.41, 5.74) is 3.88. The van der Waals surface area contributed by atoms with Crippen molar-refractivity contribution in [1.82, 2.24) is 30.1 Å². The first-order valence-corrected chi connectivity index (χ1v) is 9.91. The van der Waals surface area contributed by atoms with Crippen LogP contribution in [0.4, 0.5) is 5.69 Å². The molecule has 2 aliphatic rings. The van der Waals surface area contributed by atoms with Gasteiger partial charge in [0.1, 0.15) is 6.33 Å². The van der Waals surface area contributed by atoms with Gasteiger partial charge in [-0.1, -0.05) is 6.07 Å². The number of amides is 1. The number of pyridine rings is 1. The Balaban J connectivity index is 1.24. The molecule has 8 heteroatoms. The number of nitrogens with one attached hydrogen (secondary N) is 1. The fourth-order valence-corrected chi connectivity index (χ4v) is 3.85. The molecular weight excluding hydrogens is 354 g/mol. The maximum atomic E-state index is 12.5. The highest BCUT2D eigenvalue weighted by Gasteiger charge is 2.30. The van der Waals surface area contributed by atoms with Crippen LogP contribution < -0.4 is 10.2 Å². The van der Waals surface area contributed by atoms with Gasteiger partial charge in [-0.2, -0.15) is 9.61 Å². The predicted octanol–water partition coefficient (Wildman–Crippen LogP) is 1.93. The van der Waals surface area contributed by atoms with Crippen LogP contribution in [0.25, 0.3) is 5.65 Å². The maximum absolute atomic E-state index is 12.5. The molecule has 8 nitrogen and oxygen atoms in total. The molecule has 28 heavy (non-hydrogen) atoms. The van der Waals surface area contributed by atoms with Gasteiger partial charge in [0.15, 0.2) is 0 Å². The van der Waals surface area contributed by atoms with E-state index in [0.717, 1.165) is 48.7 Å². The van der Waals surface area contributed by atoms with E-state index in [9.17, 15) is 4.79 Å². The first-order valence-electron chi connectivity index (χ1n) is 9.91. The minimum Gasteiger partial charge on any atom is -0.368 e. The molecule has 1 aliphatic carbocycles. The topological polar surface area (TPSA) is 88.3 Å². The molecule has 0 radical (unpaired) electrons. The van der Waals surface area contributed by atoms with Crippen LogP contribution in [0.1, 0.15) is 43.0 Å². The van der Waals surface area contributed by atoms with Gasteiger partial charge in [0.25, 0.3) is 0 Å². The summed E-state index contributed by atoms with van der Waals surface area (Å²) in [7, 11) is 0. The third-order valence-corrected chi connectivity index (χ3v) is 5.64. The number of hydrogen-bond acceptors (Lipinski definition) is 6. The number of fused-ring (bicyclic) bond motifs is 1. The van der Waals surface area contributed by atoms with Gasteiger partial charge in [0.2, 0.25) is 11.6 Å². The van der Waals surface area contributed by atoms with E-state index in [1.165, 1.54) is 12.8 Å². The van der Waals surface area contributed by atoms with Crippen molar-refractivity contribution in [2.24, 2.45) is 5.92 Å². The third-order valence-electron chi connectivity index (χ3n) is 5.64. The van der Waals surface area contributed by atoms with E-state index in [1.807, 2.05) is 18.2 Å². The summed E-state index contributed by atoms with van der Waals surface area (Å²) >= 11 is 0. The van der Waals surface area contributed by atoms with Gasteiger partial charge < -0.3 is 10.2 Å². The van der Waals surface area contributed by atoms with Crippen LogP contribution in [-0.4, -0.2) is 43.8 Å². The van der Waals surface area contributed by atoms with Gasteiger partial charge >= 0.3 is 0 Å². The highest BCUT2D eigenvalue weighted by Crippen LogP contribution is 2.40. The molecule has 4 heterocycles. The summed E-state index contributed by atoms with van der Waals surface area (Å²) in [4.78, 5) is 19.1. The average molecular weight is 377 g/mol. The number of carbonyl (C=O) groups excluding carboxylic acids is 1. The largest absolute Gasteiger partial charge is 0.368 e. The van der Waals surface area contributed by atoms with Crippen molar-refractivity contribution in [2.45, 2.75) is 38.1 Å². The first-order chi connectivity index (χ1) is 13.8. The standard InChI is InChI=1S/C20H23N7O/c28-20(22-12-16-3-1-2-8-21-16)15-6-9-26(10-7-15)18-11-17(14-4-5-14)25-27-13-23-24-19(18)27/h1-3,8,11,13-15H,4-7,9-10,12H2,(H,22,28). The van der Waals surface area contributed by atoms with Gasteiger partial charge in [0, 0.05) is 31.1 Å². The lowest BCUT2D eigenvalue weighted by Crippen LogP contribution is -2.40. The molecule has 144 valence electrons. The fourth-order valence-electron chi connectivity index (χ4n) is 3.85. The Morgan fingerprint density at radius 2 is 2.04 bits per heavy atom. The second-order valence-electron chi connectivity index (χ2n) is 7.63. The van der Waals surface area contributed by atoms with E-state index >= 15 is 0 Å². The van der Waals surface area contributed by atoms with Gasteiger partial charge in [-0.05, 0) is 43.9 Å². The normalized spacial score (nSPS) is 17.8. The zero-order valence-electron chi connectivity index (χ0n) is 15.7. The molecule has 5 rings (SSSR count). The van der Waals surface area contributed by atoms with Crippen LogP contribution in [0.5, 0.6) is 0 Å². The Labute approximate surface area is 163 Å². The highest BCUT2D eigenvalue weighted by molar-refractivity contribution is 5.79. The third kappa shape index (κ3) is 3.42. The SMILES string of the molecule is O=C(NCc1ccccn1)C1CCN(c2cc(C3CC3)nn3cnnc23)CC1. The lowest BCUT2D eigenvalue weighted by atomic mass is 9.95. The molecule has 1 saturated carbocycles. The van der Waals surface area contributed by atoms with Crippen molar-refractivity contribution in [3.8, 4) is 0 Å². The zero-order chi connectivity index (χ0) is 18.9. The van der Waals surface area contributed by atoms with Crippen LogP contribution in [0, 0.1) is 5.92 Å². The number of nitrogens with zero attached hydrogens (tertiary/aromatic N) is 6. The molecule has 0 aromatic carbocycles. The van der Waals surface area contributed by atoms with Crippen LogP contribution in [-0.2, 0) is 11.3 Å². The fraction of sp³-hybridized carbons (Fsp3) is 0.450. The molecule has 1 N–H and O–H groups in total. The summed E-state index contributed by atoms with van der Waals surface area (Å²) in [6.07, 6.45) is 7.49. The molecule has 3 aromatic rings. The van der Waals surface area contributed by atoms with E-state index in [4.69, 9.17) is 0 Å². The smallest absolute Gasteiger partial charge is 0.223 e. The van der Waals surface area contributed by atoms with Crippen LogP contribution in [0.15, 0.2) is 36.8 Å². The van der Waals surface area contributed by atoms with Crippen molar-refractivity contribution in [2.75, 3.05) is 18.0 Å². The average Bonchev–Trinajstić information content (AvgIpc) is 3.49. The van der Waals surface area contributed by atoms with E-state index < -0.39 is 0 Å². The Bertz CT molecular complexity index is 975. The Kier molecular flexibility index (Phi) is 4.38. The molecule has 3 aromatic heterocycles. The summed E-state index contributed by atoms with van der Waals surface area (Å²) in [5.74, 6) is 0.727. The highest BCUT2D eigenvalue weighted by atomic mass is 16.1. The van der Waals surface area contributed by atoms with Crippen LogP contribution in [0.2, 0.25) is 0 Å². The van der Waals surface area contributed by atoms with E-state index in [1.54, 1.807) is 17.0 Å². The summed E-state index contributed by atoms with van der Waals surface area (Å²) < 4.78 is 1.79. The van der Waals surface area contributed by atoms with Crippen LogP contribution in [0.3, 0.4) is 0 Å². The van der Waals surface area contributed by atoms with Crippen molar-refractivity contribution in [1.29, 1.82) is 0 Å². The van der Waals surface area contributed by atoms with E-state index in [0.29, 0.717) is 12.5 Å². The number of carbonyl (C=O) groups is 1. The number of aromatic nitrogens is 5. The van der Waals surface area contributed by atoms with Crippen LogP contribution >= 0.6 is 0 Å². The van der Waals surface area contributed by atoms with Crippen molar-refractivity contribution >= 4 is 17.2 Å².